The molecule has 212 valence electrons. The summed E-state index contributed by atoms with van der Waals surface area (Å²) in [6.45, 7) is 9.58. The molecular weight excluding hydrogens is 507 g/mol. The smallest absolute Gasteiger partial charge is 0.253 e. The van der Waals surface area contributed by atoms with E-state index in [1.54, 1.807) is 39.5 Å². The Labute approximate surface area is 236 Å². The van der Waals surface area contributed by atoms with Crippen LogP contribution in [0.1, 0.15) is 53.0 Å². The Morgan fingerprint density at radius 1 is 1.27 bits per heavy atom. The van der Waals surface area contributed by atoms with E-state index in [2.05, 4.69) is 51.5 Å². The minimum absolute atomic E-state index is 0.146. The number of hydrogen-bond acceptors (Lipinski definition) is 5. The lowest BCUT2D eigenvalue weighted by Crippen LogP contribution is -2.37. The molecule has 2 aromatic rings. The maximum atomic E-state index is 15.1. The standard InChI is InChI=1S/C31H39FN6O2/c1-20(17-26-22(3)35-13-8-28(26)36-29(33-5)9-12-34-19-39)23(4)38-14-10-24(11-15-38)30-21(2)16-25(18-27(30)32)31(40)37(6)7/h8-10,12-13,16-19,23H,11,14-15H2,1-7H3,(H,34,39)(H,33,35,36)/b12-9-,20-17+. The minimum atomic E-state index is -0.354. The number of amidine groups is 1. The average molecular weight is 547 g/mol. The van der Waals surface area contributed by atoms with Crippen molar-refractivity contribution < 1.29 is 14.0 Å². The van der Waals surface area contributed by atoms with Gasteiger partial charge in [-0.25, -0.2) is 4.39 Å². The van der Waals surface area contributed by atoms with Crippen molar-refractivity contribution in [1.82, 2.24) is 20.1 Å². The number of anilines is 1. The second-order valence-electron chi connectivity index (χ2n) is 10.1. The highest BCUT2D eigenvalue weighted by Crippen LogP contribution is 2.31. The Hall–Kier alpha value is -4.11. The molecule has 1 aliphatic heterocycles. The summed E-state index contributed by atoms with van der Waals surface area (Å²) in [5, 5.41) is 5.80. The zero-order valence-electron chi connectivity index (χ0n) is 24.4. The molecule has 1 aromatic heterocycles. The molecule has 0 aliphatic carbocycles. The second-order valence-corrected chi connectivity index (χ2v) is 10.1. The summed E-state index contributed by atoms with van der Waals surface area (Å²) in [6.07, 6.45) is 10.5. The number of carbonyl (C=O) groups is 2. The van der Waals surface area contributed by atoms with Gasteiger partial charge in [0, 0.05) is 75.1 Å². The van der Waals surface area contributed by atoms with Crippen molar-refractivity contribution in [2.24, 2.45) is 4.99 Å². The average Bonchev–Trinajstić information content (AvgIpc) is 2.93. The number of aromatic nitrogens is 1. The first-order valence-electron chi connectivity index (χ1n) is 13.3. The summed E-state index contributed by atoms with van der Waals surface area (Å²) in [5.74, 6) is 0.0312. The predicted molar refractivity (Wildman–Crippen MR) is 161 cm³/mol. The number of benzene rings is 1. The van der Waals surface area contributed by atoms with E-state index < -0.39 is 0 Å². The highest BCUT2D eigenvalue weighted by Gasteiger charge is 2.23. The number of rotatable bonds is 9. The van der Waals surface area contributed by atoms with Gasteiger partial charge in [0.05, 0.1) is 5.69 Å². The molecule has 3 rings (SSSR count). The topological polar surface area (TPSA) is 89.9 Å². The first-order chi connectivity index (χ1) is 19.1. The number of nitrogens with one attached hydrogen (secondary N) is 2. The number of pyridine rings is 1. The zero-order valence-corrected chi connectivity index (χ0v) is 24.4. The Morgan fingerprint density at radius 3 is 2.62 bits per heavy atom. The molecule has 2 N–H and O–H groups in total. The van der Waals surface area contributed by atoms with Crippen molar-refractivity contribution in [2.45, 2.75) is 40.2 Å². The van der Waals surface area contributed by atoms with Gasteiger partial charge in [0.25, 0.3) is 5.91 Å². The lowest BCUT2D eigenvalue weighted by molar-refractivity contribution is -0.108. The highest BCUT2D eigenvalue weighted by molar-refractivity contribution is 6.04. The largest absolute Gasteiger partial charge is 0.345 e. The second kappa shape index (κ2) is 13.8. The van der Waals surface area contributed by atoms with Crippen molar-refractivity contribution in [3.8, 4) is 0 Å². The molecule has 0 fully saturated rings. The molecule has 0 spiro atoms. The van der Waals surface area contributed by atoms with E-state index in [-0.39, 0.29) is 17.8 Å². The predicted octanol–water partition coefficient (Wildman–Crippen LogP) is 4.82. The van der Waals surface area contributed by atoms with Gasteiger partial charge in [-0.3, -0.25) is 24.5 Å². The van der Waals surface area contributed by atoms with Gasteiger partial charge in [-0.2, -0.15) is 0 Å². The SMILES string of the molecule is CN=C(/C=C\NC=O)Nc1ccnc(C)c1/C=C(\C)C(C)N1CC=C(c2c(C)cc(C(=O)N(C)C)cc2F)CC1. The minimum Gasteiger partial charge on any atom is -0.345 e. The number of aryl methyl sites for hydroxylation is 2. The molecule has 2 heterocycles. The van der Waals surface area contributed by atoms with Crippen molar-refractivity contribution in [2.75, 3.05) is 39.5 Å². The molecule has 40 heavy (non-hydrogen) atoms. The van der Waals surface area contributed by atoms with Crippen molar-refractivity contribution >= 4 is 35.5 Å². The highest BCUT2D eigenvalue weighted by atomic mass is 19.1. The third kappa shape index (κ3) is 7.30. The Kier molecular flexibility index (Phi) is 10.5. The van der Waals surface area contributed by atoms with Crippen LogP contribution in [0.4, 0.5) is 10.1 Å². The van der Waals surface area contributed by atoms with Gasteiger partial charge in [0.1, 0.15) is 11.7 Å². The lowest BCUT2D eigenvalue weighted by Gasteiger charge is -2.33. The van der Waals surface area contributed by atoms with E-state index in [0.29, 0.717) is 36.3 Å². The summed E-state index contributed by atoms with van der Waals surface area (Å²) in [6, 6.07) is 5.16. The van der Waals surface area contributed by atoms with Gasteiger partial charge in [-0.05, 0) is 69.5 Å². The fraction of sp³-hybridized carbons (Fsp3) is 0.355. The Morgan fingerprint density at radius 2 is 2.02 bits per heavy atom. The van der Waals surface area contributed by atoms with Crippen LogP contribution in [0.15, 0.2) is 53.3 Å². The fourth-order valence-corrected chi connectivity index (χ4v) is 4.78. The molecule has 1 atom stereocenters. The number of hydrogen-bond donors (Lipinski definition) is 2. The van der Waals surface area contributed by atoms with Crippen LogP contribution in [0.5, 0.6) is 0 Å². The van der Waals surface area contributed by atoms with E-state index in [0.717, 1.165) is 40.2 Å². The summed E-state index contributed by atoms with van der Waals surface area (Å²) in [7, 11) is 5.00. The third-order valence-electron chi connectivity index (χ3n) is 7.18. The van der Waals surface area contributed by atoms with Crippen LogP contribution >= 0.6 is 0 Å². The summed E-state index contributed by atoms with van der Waals surface area (Å²) in [4.78, 5) is 35.4. The summed E-state index contributed by atoms with van der Waals surface area (Å²) >= 11 is 0. The first kappa shape index (κ1) is 30.4. The Balaban J connectivity index is 1.79. The molecule has 1 unspecified atom stereocenters. The van der Waals surface area contributed by atoms with Crippen LogP contribution in [0.25, 0.3) is 11.6 Å². The van der Waals surface area contributed by atoms with Gasteiger partial charge in [-0.15, -0.1) is 0 Å². The van der Waals surface area contributed by atoms with Crippen LogP contribution in [-0.4, -0.2) is 73.2 Å². The van der Waals surface area contributed by atoms with Crippen molar-refractivity contribution in [1.29, 1.82) is 0 Å². The quantitative estimate of drug-likeness (QED) is 0.267. The molecule has 8 nitrogen and oxygen atoms in total. The van der Waals surface area contributed by atoms with Gasteiger partial charge >= 0.3 is 0 Å². The van der Waals surface area contributed by atoms with Gasteiger partial charge in [0.15, 0.2) is 0 Å². The van der Waals surface area contributed by atoms with Crippen LogP contribution < -0.4 is 10.6 Å². The molecule has 9 heteroatoms. The Bertz CT molecular complexity index is 1350. The van der Waals surface area contributed by atoms with E-state index >= 15 is 4.39 Å². The summed E-state index contributed by atoms with van der Waals surface area (Å²) < 4.78 is 15.1. The monoisotopic (exact) mass is 546 g/mol. The van der Waals surface area contributed by atoms with Crippen molar-refractivity contribution in [3.63, 3.8) is 0 Å². The van der Waals surface area contributed by atoms with Crippen LogP contribution in [0.2, 0.25) is 0 Å². The molecule has 0 saturated carbocycles. The lowest BCUT2D eigenvalue weighted by atomic mass is 9.92. The van der Waals surface area contributed by atoms with E-state index in [1.807, 2.05) is 19.9 Å². The molecule has 1 aromatic carbocycles. The molecule has 2 amide bonds. The van der Waals surface area contributed by atoms with Crippen LogP contribution in [-0.2, 0) is 4.79 Å². The first-order valence-corrected chi connectivity index (χ1v) is 13.3. The third-order valence-corrected chi connectivity index (χ3v) is 7.18. The maximum Gasteiger partial charge on any atom is 0.253 e. The number of aliphatic imine (C=N–C) groups is 1. The van der Waals surface area contributed by atoms with E-state index in [9.17, 15) is 9.59 Å². The molecule has 0 radical (unpaired) electrons. The van der Waals surface area contributed by atoms with Gasteiger partial charge < -0.3 is 15.5 Å². The number of carbonyl (C=O) groups excluding carboxylic acids is 2. The zero-order chi connectivity index (χ0) is 29.4. The van der Waals surface area contributed by atoms with Gasteiger partial charge in [0.2, 0.25) is 6.41 Å². The van der Waals surface area contributed by atoms with E-state index in [1.165, 1.54) is 17.2 Å². The van der Waals surface area contributed by atoms with E-state index in [4.69, 9.17) is 0 Å². The normalized spacial score (nSPS) is 15.6. The number of nitrogens with zero attached hydrogens (tertiary/aromatic N) is 4. The number of amides is 2. The van der Waals surface area contributed by atoms with Crippen molar-refractivity contribution in [3.05, 3.63) is 82.1 Å². The van der Waals surface area contributed by atoms with Crippen LogP contribution in [0, 0.1) is 19.7 Å². The molecule has 1 aliphatic rings. The van der Waals surface area contributed by atoms with Gasteiger partial charge in [-0.1, -0.05) is 17.7 Å². The maximum absolute atomic E-state index is 15.1. The molecular formula is C31H39FN6O2. The molecule has 0 saturated heterocycles. The molecule has 0 bridgehead atoms. The summed E-state index contributed by atoms with van der Waals surface area (Å²) in [5.41, 5.74) is 6.57. The van der Waals surface area contributed by atoms with Crippen LogP contribution in [0.3, 0.4) is 0 Å². The fourth-order valence-electron chi connectivity index (χ4n) is 4.78. The number of halogens is 1.